The van der Waals surface area contributed by atoms with Gasteiger partial charge in [0.25, 0.3) is 5.91 Å². The summed E-state index contributed by atoms with van der Waals surface area (Å²) in [6.45, 7) is 2.62. The predicted molar refractivity (Wildman–Crippen MR) is 66.7 cm³/mol. The Bertz CT molecular complexity index is 421. The van der Waals surface area contributed by atoms with Crippen molar-refractivity contribution >= 4 is 11.8 Å². The molecule has 18 heavy (non-hydrogen) atoms. The van der Waals surface area contributed by atoms with Crippen LogP contribution in [0.1, 0.15) is 30.1 Å². The fourth-order valence-electron chi connectivity index (χ4n) is 1.43. The minimum Gasteiger partial charge on any atom is -0.354 e. The van der Waals surface area contributed by atoms with Crippen molar-refractivity contribution in [1.82, 2.24) is 10.6 Å². The molecule has 98 valence electrons. The Morgan fingerprint density at radius 3 is 2.61 bits per heavy atom. The zero-order chi connectivity index (χ0) is 13.4. The van der Waals surface area contributed by atoms with Gasteiger partial charge in [0, 0.05) is 25.1 Å². The van der Waals surface area contributed by atoms with Crippen LogP contribution in [-0.4, -0.2) is 24.9 Å². The van der Waals surface area contributed by atoms with E-state index < -0.39 is 5.82 Å². The molecule has 4 nitrogen and oxygen atoms in total. The van der Waals surface area contributed by atoms with E-state index in [1.165, 1.54) is 24.3 Å². The summed E-state index contributed by atoms with van der Waals surface area (Å²) in [5.74, 6) is -0.823. The van der Waals surface area contributed by atoms with Crippen LogP contribution < -0.4 is 10.6 Å². The van der Waals surface area contributed by atoms with Gasteiger partial charge in [0.1, 0.15) is 5.82 Å². The molecular weight excluding hydrogens is 235 g/mol. The maximum atomic E-state index is 12.9. The first-order chi connectivity index (χ1) is 8.63. The molecule has 0 fully saturated rings. The molecule has 0 aliphatic rings. The van der Waals surface area contributed by atoms with Gasteiger partial charge in [-0.15, -0.1) is 0 Å². The van der Waals surface area contributed by atoms with E-state index in [1.807, 2.05) is 6.92 Å². The molecule has 5 heteroatoms. The summed E-state index contributed by atoms with van der Waals surface area (Å²) in [5.41, 5.74) is 0.273. The summed E-state index contributed by atoms with van der Waals surface area (Å²) < 4.78 is 12.9. The van der Waals surface area contributed by atoms with Crippen molar-refractivity contribution in [2.24, 2.45) is 0 Å². The highest BCUT2D eigenvalue weighted by Crippen LogP contribution is 2.02. The number of halogens is 1. The minimum absolute atomic E-state index is 0.0301. The lowest BCUT2D eigenvalue weighted by Crippen LogP contribution is -2.34. The van der Waals surface area contributed by atoms with Crippen LogP contribution in [0.25, 0.3) is 0 Å². The number of carbonyl (C=O) groups excluding carboxylic acids is 2. The molecule has 0 unspecified atom stereocenters. The first-order valence-electron chi connectivity index (χ1n) is 5.94. The average Bonchev–Trinajstić information content (AvgIpc) is 2.35. The van der Waals surface area contributed by atoms with Crippen LogP contribution in [0.15, 0.2) is 24.3 Å². The molecule has 1 aromatic carbocycles. The second-order valence-corrected chi connectivity index (χ2v) is 3.87. The van der Waals surface area contributed by atoms with Gasteiger partial charge in [-0.2, -0.15) is 0 Å². The largest absolute Gasteiger partial charge is 0.354 e. The molecule has 2 N–H and O–H groups in total. The second kappa shape index (κ2) is 7.42. The topological polar surface area (TPSA) is 58.2 Å². The molecule has 0 aliphatic heterocycles. The fourth-order valence-corrected chi connectivity index (χ4v) is 1.43. The Labute approximate surface area is 106 Å². The van der Waals surface area contributed by atoms with Crippen molar-refractivity contribution in [3.05, 3.63) is 35.6 Å². The SMILES string of the molecule is CCCC(=O)NCCNC(=O)c1cccc(F)c1. The van der Waals surface area contributed by atoms with Gasteiger partial charge < -0.3 is 10.6 Å². The lowest BCUT2D eigenvalue weighted by atomic mass is 10.2. The Morgan fingerprint density at radius 2 is 1.94 bits per heavy atom. The van der Waals surface area contributed by atoms with Crippen molar-refractivity contribution in [2.45, 2.75) is 19.8 Å². The highest BCUT2D eigenvalue weighted by atomic mass is 19.1. The van der Waals surface area contributed by atoms with Crippen LogP contribution in [-0.2, 0) is 4.79 Å². The van der Waals surface area contributed by atoms with Gasteiger partial charge in [-0.05, 0) is 24.6 Å². The normalized spacial score (nSPS) is 9.89. The van der Waals surface area contributed by atoms with Crippen molar-refractivity contribution in [2.75, 3.05) is 13.1 Å². The van der Waals surface area contributed by atoms with E-state index in [9.17, 15) is 14.0 Å². The van der Waals surface area contributed by atoms with Crippen molar-refractivity contribution in [3.63, 3.8) is 0 Å². The molecule has 0 atom stereocenters. The quantitative estimate of drug-likeness (QED) is 0.753. The van der Waals surface area contributed by atoms with Crippen LogP contribution in [0.3, 0.4) is 0 Å². The minimum atomic E-state index is -0.445. The second-order valence-electron chi connectivity index (χ2n) is 3.87. The molecule has 1 aromatic rings. The molecule has 0 heterocycles. The highest BCUT2D eigenvalue weighted by molar-refractivity contribution is 5.94. The highest BCUT2D eigenvalue weighted by Gasteiger charge is 2.05. The molecule has 0 aliphatic carbocycles. The van der Waals surface area contributed by atoms with Crippen molar-refractivity contribution in [1.29, 1.82) is 0 Å². The smallest absolute Gasteiger partial charge is 0.251 e. The molecule has 0 saturated heterocycles. The van der Waals surface area contributed by atoms with Crippen molar-refractivity contribution in [3.8, 4) is 0 Å². The van der Waals surface area contributed by atoms with E-state index in [2.05, 4.69) is 10.6 Å². The Kier molecular flexibility index (Phi) is 5.84. The molecule has 0 spiro atoms. The number of hydrogen-bond donors (Lipinski definition) is 2. The van der Waals surface area contributed by atoms with Crippen LogP contribution >= 0.6 is 0 Å². The number of nitrogens with one attached hydrogen (secondary N) is 2. The van der Waals surface area contributed by atoms with E-state index in [0.29, 0.717) is 19.5 Å². The third kappa shape index (κ3) is 4.95. The van der Waals surface area contributed by atoms with Gasteiger partial charge in [-0.3, -0.25) is 9.59 Å². The number of amides is 2. The van der Waals surface area contributed by atoms with E-state index in [0.717, 1.165) is 6.42 Å². The van der Waals surface area contributed by atoms with E-state index in [1.54, 1.807) is 0 Å². The monoisotopic (exact) mass is 252 g/mol. The molecule has 0 bridgehead atoms. The van der Waals surface area contributed by atoms with E-state index in [-0.39, 0.29) is 17.4 Å². The van der Waals surface area contributed by atoms with Crippen LogP contribution in [0.5, 0.6) is 0 Å². The van der Waals surface area contributed by atoms with Gasteiger partial charge in [-0.1, -0.05) is 13.0 Å². The predicted octanol–water partition coefficient (Wildman–Crippen LogP) is 1.47. The third-order valence-electron chi connectivity index (χ3n) is 2.30. The molecule has 0 radical (unpaired) electrons. The Balaban J connectivity index is 2.27. The third-order valence-corrected chi connectivity index (χ3v) is 2.30. The van der Waals surface area contributed by atoms with E-state index >= 15 is 0 Å². The molecule has 1 rings (SSSR count). The van der Waals surface area contributed by atoms with Crippen LogP contribution in [0.2, 0.25) is 0 Å². The van der Waals surface area contributed by atoms with Crippen LogP contribution in [0, 0.1) is 5.82 Å². The van der Waals surface area contributed by atoms with Gasteiger partial charge in [-0.25, -0.2) is 4.39 Å². The Hall–Kier alpha value is -1.91. The number of benzene rings is 1. The van der Waals surface area contributed by atoms with E-state index in [4.69, 9.17) is 0 Å². The zero-order valence-corrected chi connectivity index (χ0v) is 10.3. The van der Waals surface area contributed by atoms with Gasteiger partial charge in [0.05, 0.1) is 0 Å². The van der Waals surface area contributed by atoms with Crippen LogP contribution in [0.4, 0.5) is 4.39 Å². The maximum Gasteiger partial charge on any atom is 0.251 e. The zero-order valence-electron chi connectivity index (χ0n) is 10.3. The standard InChI is InChI=1S/C13H17FN2O2/c1-2-4-12(17)15-7-8-16-13(18)10-5-3-6-11(14)9-10/h3,5-6,9H,2,4,7-8H2,1H3,(H,15,17)(H,16,18). The summed E-state index contributed by atoms with van der Waals surface area (Å²) in [4.78, 5) is 22.7. The molecule has 2 amide bonds. The lowest BCUT2D eigenvalue weighted by Gasteiger charge is -2.06. The first kappa shape index (κ1) is 14.2. The summed E-state index contributed by atoms with van der Waals surface area (Å²) in [6, 6.07) is 5.47. The molecule has 0 saturated carbocycles. The lowest BCUT2D eigenvalue weighted by molar-refractivity contribution is -0.121. The number of hydrogen-bond acceptors (Lipinski definition) is 2. The van der Waals surface area contributed by atoms with Crippen molar-refractivity contribution < 1.29 is 14.0 Å². The Morgan fingerprint density at radius 1 is 1.22 bits per heavy atom. The first-order valence-corrected chi connectivity index (χ1v) is 5.94. The summed E-state index contributed by atoms with van der Waals surface area (Å²) in [7, 11) is 0. The number of rotatable bonds is 6. The summed E-state index contributed by atoms with van der Waals surface area (Å²) in [6.07, 6.45) is 1.28. The van der Waals surface area contributed by atoms with Gasteiger partial charge >= 0.3 is 0 Å². The summed E-state index contributed by atoms with van der Waals surface area (Å²) in [5, 5.41) is 5.28. The van der Waals surface area contributed by atoms with Gasteiger partial charge in [0.15, 0.2) is 0 Å². The molecule has 0 aromatic heterocycles. The molecular formula is C13H17FN2O2. The maximum absolute atomic E-state index is 12.9. The van der Waals surface area contributed by atoms with Gasteiger partial charge in [0.2, 0.25) is 5.91 Å². The average molecular weight is 252 g/mol. The number of carbonyl (C=O) groups is 2. The summed E-state index contributed by atoms with van der Waals surface area (Å²) >= 11 is 0. The fraction of sp³-hybridized carbons (Fsp3) is 0.385.